The molecule has 0 bridgehead atoms. The first-order valence-electron chi connectivity index (χ1n) is 5.08. The molecule has 5 heteroatoms. The van der Waals surface area contributed by atoms with E-state index in [0.29, 0.717) is 17.4 Å². The van der Waals surface area contributed by atoms with E-state index < -0.39 is 5.82 Å². The Morgan fingerprint density at radius 3 is 2.81 bits per heavy atom. The summed E-state index contributed by atoms with van der Waals surface area (Å²) in [6.45, 7) is 0.569. The van der Waals surface area contributed by atoms with Crippen LogP contribution in [-0.4, -0.2) is 12.5 Å². The smallest absolute Gasteiger partial charge is 0.224 e. The lowest BCUT2D eigenvalue weighted by atomic mass is 10.2. The van der Waals surface area contributed by atoms with Crippen LogP contribution in [0.5, 0.6) is 0 Å². The van der Waals surface area contributed by atoms with Crippen LogP contribution in [0.2, 0.25) is 0 Å². The molecule has 3 N–H and O–H groups in total. The van der Waals surface area contributed by atoms with Gasteiger partial charge in [-0.05, 0) is 37.6 Å². The predicted molar refractivity (Wildman–Crippen MR) is 65.6 cm³/mol. The molecular weight excluding hydrogens is 275 g/mol. The van der Waals surface area contributed by atoms with Gasteiger partial charge in [0.2, 0.25) is 5.91 Å². The Labute approximate surface area is 102 Å². The Morgan fingerprint density at radius 2 is 2.19 bits per heavy atom. The second-order valence-corrected chi connectivity index (χ2v) is 4.33. The SMILES string of the molecule is NCCCCC(=O)Nc1ccc(Br)cc1F. The van der Waals surface area contributed by atoms with Gasteiger partial charge < -0.3 is 11.1 Å². The molecule has 1 amide bonds. The molecule has 1 aromatic rings. The summed E-state index contributed by atoms with van der Waals surface area (Å²) in [6.07, 6.45) is 1.89. The molecule has 0 radical (unpaired) electrons. The average molecular weight is 289 g/mol. The van der Waals surface area contributed by atoms with E-state index in [9.17, 15) is 9.18 Å². The lowest BCUT2D eigenvalue weighted by Crippen LogP contribution is -2.13. The van der Waals surface area contributed by atoms with Crippen molar-refractivity contribution >= 4 is 27.5 Å². The molecule has 88 valence electrons. The molecule has 0 spiro atoms. The molecule has 1 rings (SSSR count). The highest BCUT2D eigenvalue weighted by molar-refractivity contribution is 9.10. The number of rotatable bonds is 5. The van der Waals surface area contributed by atoms with Gasteiger partial charge in [0, 0.05) is 10.9 Å². The number of carbonyl (C=O) groups is 1. The maximum absolute atomic E-state index is 13.3. The van der Waals surface area contributed by atoms with E-state index in [2.05, 4.69) is 21.2 Å². The van der Waals surface area contributed by atoms with Crippen LogP contribution in [0.15, 0.2) is 22.7 Å². The molecule has 0 unspecified atom stereocenters. The van der Waals surface area contributed by atoms with Gasteiger partial charge in [-0.1, -0.05) is 15.9 Å². The molecular formula is C11H14BrFN2O. The molecule has 16 heavy (non-hydrogen) atoms. The summed E-state index contributed by atoms with van der Waals surface area (Å²) >= 11 is 3.15. The van der Waals surface area contributed by atoms with Crippen LogP contribution < -0.4 is 11.1 Å². The first-order valence-corrected chi connectivity index (χ1v) is 5.87. The second kappa shape index (κ2) is 6.60. The van der Waals surface area contributed by atoms with Gasteiger partial charge in [0.05, 0.1) is 5.69 Å². The number of nitrogens with two attached hydrogens (primary N) is 1. The number of hydrogen-bond donors (Lipinski definition) is 2. The largest absolute Gasteiger partial charge is 0.330 e. The zero-order valence-corrected chi connectivity index (χ0v) is 10.4. The molecule has 0 aliphatic rings. The maximum Gasteiger partial charge on any atom is 0.224 e. The van der Waals surface area contributed by atoms with E-state index in [1.807, 2.05) is 0 Å². The Balaban J connectivity index is 2.49. The van der Waals surface area contributed by atoms with Gasteiger partial charge >= 0.3 is 0 Å². The lowest BCUT2D eigenvalue weighted by Gasteiger charge is -2.06. The molecule has 3 nitrogen and oxygen atoms in total. The van der Waals surface area contributed by atoms with Gasteiger partial charge in [-0.25, -0.2) is 4.39 Å². The third-order valence-electron chi connectivity index (χ3n) is 2.06. The van der Waals surface area contributed by atoms with Crippen molar-refractivity contribution in [3.8, 4) is 0 Å². The molecule has 0 aromatic heterocycles. The fraction of sp³-hybridized carbons (Fsp3) is 0.364. The molecule has 0 aliphatic heterocycles. The van der Waals surface area contributed by atoms with Crippen LogP contribution in [0, 0.1) is 5.82 Å². The minimum atomic E-state index is -0.443. The van der Waals surface area contributed by atoms with Crippen molar-refractivity contribution in [2.45, 2.75) is 19.3 Å². The van der Waals surface area contributed by atoms with Gasteiger partial charge in [-0.15, -0.1) is 0 Å². The molecule has 0 saturated carbocycles. The number of hydrogen-bond acceptors (Lipinski definition) is 2. The summed E-state index contributed by atoms with van der Waals surface area (Å²) in [5.41, 5.74) is 5.52. The average Bonchev–Trinajstić information content (AvgIpc) is 2.23. The topological polar surface area (TPSA) is 55.1 Å². The first kappa shape index (κ1) is 13.1. The molecule has 0 aliphatic carbocycles. The Morgan fingerprint density at radius 1 is 1.44 bits per heavy atom. The lowest BCUT2D eigenvalue weighted by molar-refractivity contribution is -0.116. The van der Waals surface area contributed by atoms with Gasteiger partial charge in [0.15, 0.2) is 0 Å². The highest BCUT2D eigenvalue weighted by atomic mass is 79.9. The van der Waals surface area contributed by atoms with Gasteiger partial charge in [0.1, 0.15) is 5.82 Å². The number of anilines is 1. The monoisotopic (exact) mass is 288 g/mol. The van der Waals surface area contributed by atoms with E-state index in [1.165, 1.54) is 12.1 Å². The number of unbranched alkanes of at least 4 members (excludes halogenated alkanes) is 1. The van der Waals surface area contributed by atoms with Crippen molar-refractivity contribution in [2.75, 3.05) is 11.9 Å². The number of halogens is 2. The second-order valence-electron chi connectivity index (χ2n) is 3.42. The third-order valence-corrected chi connectivity index (χ3v) is 2.56. The minimum absolute atomic E-state index is 0.185. The summed E-state index contributed by atoms with van der Waals surface area (Å²) in [4.78, 5) is 11.4. The first-order chi connectivity index (χ1) is 7.63. The van der Waals surface area contributed by atoms with Crippen molar-refractivity contribution < 1.29 is 9.18 Å². The number of nitrogens with one attached hydrogen (secondary N) is 1. The van der Waals surface area contributed by atoms with Crippen molar-refractivity contribution in [3.05, 3.63) is 28.5 Å². The minimum Gasteiger partial charge on any atom is -0.330 e. The highest BCUT2D eigenvalue weighted by Crippen LogP contribution is 2.19. The summed E-state index contributed by atoms with van der Waals surface area (Å²) in [5, 5.41) is 2.52. The fourth-order valence-corrected chi connectivity index (χ4v) is 1.57. The highest BCUT2D eigenvalue weighted by Gasteiger charge is 2.06. The van der Waals surface area contributed by atoms with Crippen molar-refractivity contribution in [3.63, 3.8) is 0 Å². The van der Waals surface area contributed by atoms with Crippen molar-refractivity contribution in [1.82, 2.24) is 0 Å². The summed E-state index contributed by atoms with van der Waals surface area (Å²) in [7, 11) is 0. The van der Waals surface area contributed by atoms with Crippen LogP contribution in [0.4, 0.5) is 10.1 Å². The van der Waals surface area contributed by atoms with Gasteiger partial charge in [-0.2, -0.15) is 0 Å². The standard InChI is InChI=1S/C11H14BrFN2O/c12-8-4-5-10(9(13)7-8)15-11(16)3-1-2-6-14/h4-5,7H,1-3,6,14H2,(H,15,16). The molecule has 0 atom stereocenters. The normalized spacial score (nSPS) is 10.2. The zero-order chi connectivity index (χ0) is 12.0. The van der Waals surface area contributed by atoms with Gasteiger partial charge in [-0.3, -0.25) is 4.79 Å². The number of amides is 1. The summed E-state index contributed by atoms with van der Waals surface area (Å²) in [5.74, 6) is -0.628. The fourth-order valence-electron chi connectivity index (χ4n) is 1.23. The van der Waals surface area contributed by atoms with Crippen LogP contribution in [0.1, 0.15) is 19.3 Å². The molecule has 1 aromatic carbocycles. The number of carbonyl (C=O) groups excluding carboxylic acids is 1. The predicted octanol–water partition coefficient (Wildman–Crippen LogP) is 2.66. The molecule has 0 heterocycles. The van der Waals surface area contributed by atoms with E-state index >= 15 is 0 Å². The van der Waals surface area contributed by atoms with Gasteiger partial charge in [0.25, 0.3) is 0 Å². The Bertz CT molecular complexity index is 371. The van der Waals surface area contributed by atoms with Crippen molar-refractivity contribution in [1.29, 1.82) is 0 Å². The summed E-state index contributed by atoms with van der Waals surface area (Å²) < 4.78 is 14.0. The quantitative estimate of drug-likeness (QED) is 0.819. The molecule has 0 saturated heterocycles. The Kier molecular flexibility index (Phi) is 5.42. The third kappa shape index (κ3) is 4.28. The van der Waals surface area contributed by atoms with Crippen LogP contribution in [0.25, 0.3) is 0 Å². The molecule has 0 fully saturated rings. The van der Waals surface area contributed by atoms with E-state index in [-0.39, 0.29) is 11.6 Å². The maximum atomic E-state index is 13.3. The van der Waals surface area contributed by atoms with Crippen LogP contribution in [0.3, 0.4) is 0 Å². The van der Waals surface area contributed by atoms with E-state index in [1.54, 1.807) is 6.07 Å². The summed E-state index contributed by atoms with van der Waals surface area (Å²) in [6, 6.07) is 4.52. The Hall–Kier alpha value is -0.940. The van der Waals surface area contributed by atoms with Crippen molar-refractivity contribution in [2.24, 2.45) is 5.73 Å². The van der Waals surface area contributed by atoms with Crippen LogP contribution in [-0.2, 0) is 4.79 Å². The van der Waals surface area contributed by atoms with E-state index in [0.717, 1.165) is 12.8 Å². The van der Waals surface area contributed by atoms with E-state index in [4.69, 9.17) is 5.73 Å². The zero-order valence-electron chi connectivity index (χ0n) is 8.80. The number of benzene rings is 1. The van der Waals surface area contributed by atoms with Crippen LogP contribution >= 0.6 is 15.9 Å².